The maximum Gasteiger partial charge on any atom is 0.341 e. The smallest absolute Gasteiger partial charge is 0.341 e. The number of hydrogen-bond donors (Lipinski definition) is 1. The lowest BCUT2D eigenvalue weighted by atomic mass is 9.91. The van der Waals surface area contributed by atoms with Crippen LogP contribution in [0.5, 0.6) is 5.75 Å². The fourth-order valence-corrected chi connectivity index (χ4v) is 2.60. The molecule has 1 fully saturated rings. The van der Waals surface area contributed by atoms with Gasteiger partial charge in [-0.3, -0.25) is 0 Å². The molecule has 0 saturated carbocycles. The molecular formula is C15H21NO3. The Labute approximate surface area is 114 Å². The maximum absolute atomic E-state index is 11.8. The van der Waals surface area contributed by atoms with E-state index < -0.39 is 0 Å². The molecule has 1 aromatic carbocycles. The molecule has 2 rings (SSSR count). The lowest BCUT2D eigenvalue weighted by Crippen LogP contribution is -2.14. The number of hydrogen-bond acceptors (Lipinski definition) is 4. The van der Waals surface area contributed by atoms with Crippen LogP contribution in [-0.2, 0) is 4.74 Å². The molecule has 0 amide bonds. The van der Waals surface area contributed by atoms with Crippen molar-refractivity contribution in [1.29, 1.82) is 0 Å². The zero-order valence-corrected chi connectivity index (χ0v) is 11.6. The van der Waals surface area contributed by atoms with Gasteiger partial charge in [0.1, 0.15) is 11.3 Å². The zero-order valence-electron chi connectivity index (χ0n) is 11.6. The van der Waals surface area contributed by atoms with Gasteiger partial charge in [-0.1, -0.05) is 6.07 Å². The SMILES string of the molecule is COC(=O)c1cc(C2CCCNCC2)ccc1OC. The largest absolute Gasteiger partial charge is 0.496 e. The summed E-state index contributed by atoms with van der Waals surface area (Å²) in [5.74, 6) is 0.733. The highest BCUT2D eigenvalue weighted by atomic mass is 16.5. The Balaban J connectivity index is 2.28. The van der Waals surface area contributed by atoms with Crippen LogP contribution in [0.4, 0.5) is 0 Å². The summed E-state index contributed by atoms with van der Waals surface area (Å²) in [5.41, 5.74) is 1.71. The minimum absolute atomic E-state index is 0.342. The number of carbonyl (C=O) groups is 1. The first-order valence-corrected chi connectivity index (χ1v) is 6.73. The number of nitrogens with one attached hydrogen (secondary N) is 1. The van der Waals surface area contributed by atoms with E-state index in [1.807, 2.05) is 12.1 Å². The first-order chi connectivity index (χ1) is 9.26. The molecular weight excluding hydrogens is 242 g/mol. The fraction of sp³-hybridized carbons (Fsp3) is 0.533. The van der Waals surface area contributed by atoms with Gasteiger partial charge in [0.25, 0.3) is 0 Å². The third-order valence-electron chi connectivity index (χ3n) is 3.68. The van der Waals surface area contributed by atoms with Crippen LogP contribution in [0.2, 0.25) is 0 Å². The second-order valence-electron chi connectivity index (χ2n) is 4.83. The summed E-state index contributed by atoms with van der Waals surface area (Å²) in [6, 6.07) is 5.84. The van der Waals surface area contributed by atoms with Crippen LogP contribution in [0.1, 0.15) is 41.1 Å². The monoisotopic (exact) mass is 263 g/mol. The first kappa shape index (κ1) is 13.9. The van der Waals surface area contributed by atoms with Gasteiger partial charge in [0.05, 0.1) is 14.2 Å². The number of ether oxygens (including phenoxy) is 2. The number of benzene rings is 1. The van der Waals surface area contributed by atoms with E-state index in [1.54, 1.807) is 7.11 Å². The molecule has 0 spiro atoms. The quantitative estimate of drug-likeness (QED) is 0.850. The van der Waals surface area contributed by atoms with Crippen molar-refractivity contribution in [2.75, 3.05) is 27.3 Å². The molecule has 104 valence electrons. The van der Waals surface area contributed by atoms with E-state index in [-0.39, 0.29) is 5.97 Å². The molecule has 1 aliphatic rings. The van der Waals surface area contributed by atoms with Crippen LogP contribution >= 0.6 is 0 Å². The molecule has 0 radical (unpaired) electrons. The Morgan fingerprint density at radius 3 is 2.84 bits per heavy atom. The van der Waals surface area contributed by atoms with Crippen molar-refractivity contribution < 1.29 is 14.3 Å². The van der Waals surface area contributed by atoms with Gasteiger partial charge in [-0.05, 0) is 56.0 Å². The van der Waals surface area contributed by atoms with Crippen molar-refractivity contribution in [3.05, 3.63) is 29.3 Å². The van der Waals surface area contributed by atoms with Crippen molar-refractivity contribution in [2.24, 2.45) is 0 Å². The molecule has 1 unspecified atom stereocenters. The molecule has 0 bridgehead atoms. The Morgan fingerprint density at radius 1 is 1.26 bits per heavy atom. The summed E-state index contributed by atoms with van der Waals surface area (Å²) >= 11 is 0. The van der Waals surface area contributed by atoms with Crippen LogP contribution in [0.25, 0.3) is 0 Å². The summed E-state index contributed by atoms with van der Waals surface area (Å²) in [6.45, 7) is 2.11. The predicted molar refractivity (Wildman–Crippen MR) is 73.8 cm³/mol. The molecule has 1 N–H and O–H groups in total. The van der Waals surface area contributed by atoms with Crippen molar-refractivity contribution in [1.82, 2.24) is 5.32 Å². The van der Waals surface area contributed by atoms with Gasteiger partial charge in [-0.15, -0.1) is 0 Å². The van der Waals surface area contributed by atoms with Crippen LogP contribution in [-0.4, -0.2) is 33.3 Å². The van der Waals surface area contributed by atoms with E-state index >= 15 is 0 Å². The van der Waals surface area contributed by atoms with E-state index in [1.165, 1.54) is 19.1 Å². The fourth-order valence-electron chi connectivity index (χ4n) is 2.60. The topological polar surface area (TPSA) is 47.6 Å². The lowest BCUT2D eigenvalue weighted by Gasteiger charge is -2.16. The molecule has 4 heteroatoms. The molecule has 19 heavy (non-hydrogen) atoms. The maximum atomic E-state index is 11.8. The standard InChI is InChI=1S/C15H21NO3/c1-18-14-6-5-12(10-13(14)15(17)19-2)11-4-3-8-16-9-7-11/h5-6,10-11,16H,3-4,7-9H2,1-2H3. The third-order valence-corrected chi connectivity index (χ3v) is 3.68. The second-order valence-corrected chi connectivity index (χ2v) is 4.83. The molecule has 1 aromatic rings. The molecule has 4 nitrogen and oxygen atoms in total. The van der Waals surface area contributed by atoms with E-state index in [4.69, 9.17) is 9.47 Å². The molecule has 1 aliphatic heterocycles. The van der Waals surface area contributed by atoms with Crippen molar-refractivity contribution in [2.45, 2.75) is 25.2 Å². The van der Waals surface area contributed by atoms with Crippen LogP contribution < -0.4 is 10.1 Å². The summed E-state index contributed by atoms with van der Waals surface area (Å²) < 4.78 is 10.0. The van der Waals surface area contributed by atoms with E-state index in [9.17, 15) is 4.79 Å². The zero-order chi connectivity index (χ0) is 13.7. The van der Waals surface area contributed by atoms with Crippen molar-refractivity contribution in [3.63, 3.8) is 0 Å². The van der Waals surface area contributed by atoms with Crippen molar-refractivity contribution >= 4 is 5.97 Å². The lowest BCUT2D eigenvalue weighted by molar-refractivity contribution is 0.0597. The molecule has 1 saturated heterocycles. The Morgan fingerprint density at radius 2 is 2.11 bits per heavy atom. The Bertz CT molecular complexity index is 437. The normalized spacial score (nSPS) is 19.6. The molecule has 1 atom stereocenters. The third kappa shape index (κ3) is 3.26. The van der Waals surface area contributed by atoms with Gasteiger partial charge in [-0.25, -0.2) is 4.79 Å². The van der Waals surface area contributed by atoms with Gasteiger partial charge in [0.15, 0.2) is 0 Å². The molecule has 0 aromatic heterocycles. The van der Waals surface area contributed by atoms with E-state index in [2.05, 4.69) is 11.4 Å². The molecule has 1 heterocycles. The van der Waals surface area contributed by atoms with Gasteiger partial charge in [-0.2, -0.15) is 0 Å². The highest BCUT2D eigenvalue weighted by molar-refractivity contribution is 5.92. The average molecular weight is 263 g/mol. The summed E-state index contributed by atoms with van der Waals surface area (Å²) in [6.07, 6.45) is 3.43. The minimum atomic E-state index is -0.342. The summed E-state index contributed by atoms with van der Waals surface area (Å²) in [7, 11) is 2.96. The van der Waals surface area contributed by atoms with Gasteiger partial charge < -0.3 is 14.8 Å². The Kier molecular flexibility index (Phi) is 4.80. The minimum Gasteiger partial charge on any atom is -0.496 e. The summed E-state index contributed by atoms with van der Waals surface area (Å²) in [4.78, 5) is 11.8. The number of methoxy groups -OCH3 is 2. The number of carbonyl (C=O) groups excluding carboxylic acids is 1. The van der Waals surface area contributed by atoms with Gasteiger partial charge >= 0.3 is 5.97 Å². The van der Waals surface area contributed by atoms with Gasteiger partial charge in [0.2, 0.25) is 0 Å². The molecule has 0 aliphatic carbocycles. The van der Waals surface area contributed by atoms with Crippen LogP contribution in [0.15, 0.2) is 18.2 Å². The first-order valence-electron chi connectivity index (χ1n) is 6.73. The van der Waals surface area contributed by atoms with Crippen LogP contribution in [0.3, 0.4) is 0 Å². The van der Waals surface area contributed by atoms with Gasteiger partial charge in [0, 0.05) is 0 Å². The Hall–Kier alpha value is -1.55. The number of esters is 1. The van der Waals surface area contributed by atoms with Crippen molar-refractivity contribution in [3.8, 4) is 5.75 Å². The van der Waals surface area contributed by atoms with E-state index in [0.717, 1.165) is 25.9 Å². The second kappa shape index (κ2) is 6.57. The average Bonchev–Trinajstić information content (AvgIpc) is 2.74. The van der Waals surface area contributed by atoms with E-state index in [0.29, 0.717) is 17.2 Å². The highest BCUT2D eigenvalue weighted by Crippen LogP contribution is 2.30. The van der Waals surface area contributed by atoms with Crippen LogP contribution in [0, 0.1) is 0 Å². The highest BCUT2D eigenvalue weighted by Gasteiger charge is 2.19. The summed E-state index contributed by atoms with van der Waals surface area (Å²) in [5, 5.41) is 3.40. The predicted octanol–water partition coefficient (Wildman–Crippen LogP) is 2.34. The number of rotatable bonds is 3.